The third-order valence-electron chi connectivity index (χ3n) is 17.5. The minimum Gasteiger partial charge on any atom is -0.309 e. The van der Waals surface area contributed by atoms with Crippen molar-refractivity contribution in [3.63, 3.8) is 0 Å². The fourth-order valence-corrected chi connectivity index (χ4v) is 13.6. The van der Waals surface area contributed by atoms with Gasteiger partial charge in [0.2, 0.25) is 0 Å². The van der Waals surface area contributed by atoms with E-state index in [0.717, 1.165) is 5.69 Å². The summed E-state index contributed by atoms with van der Waals surface area (Å²) in [5, 5.41) is 7.49. The van der Waals surface area contributed by atoms with Crippen molar-refractivity contribution in [1.82, 2.24) is 4.57 Å². The first kappa shape index (κ1) is 47.4. The van der Waals surface area contributed by atoms with Gasteiger partial charge < -0.3 is 4.57 Å². The summed E-state index contributed by atoms with van der Waals surface area (Å²) in [7, 11) is 0. The standard InChI is InChI=1S/C81H53N/c1-3-19-66(20-4-1)81(67-21-5-2-6-22-67)77-28-12-11-25-73(77)74-48-47-68(53-78(74)81)82-79-49-45-64(58-33-29-54(30-34-58)56-37-41-62(42-38-56)71-26-13-17-60-15-7-9-23-69(60)71)51-75(79)76-52-65(46-50-80(76)82)59-35-31-55(32-36-59)57-39-43-63(44-40-57)72-27-14-18-61-16-8-10-24-70(61)72/h1-53H. The van der Waals surface area contributed by atoms with Crippen LogP contribution in [0.15, 0.2) is 322 Å². The molecule has 0 amide bonds. The average molecular weight is 1040 g/mol. The first-order chi connectivity index (χ1) is 40.6. The molecular weight excluding hydrogens is 987 g/mol. The van der Waals surface area contributed by atoms with E-state index < -0.39 is 5.41 Å². The molecule has 0 spiro atoms. The van der Waals surface area contributed by atoms with E-state index in [2.05, 4.69) is 326 Å². The van der Waals surface area contributed by atoms with Gasteiger partial charge >= 0.3 is 0 Å². The number of aromatic nitrogens is 1. The van der Waals surface area contributed by atoms with Crippen molar-refractivity contribution < 1.29 is 0 Å². The van der Waals surface area contributed by atoms with E-state index >= 15 is 0 Å². The number of rotatable bonds is 9. The monoisotopic (exact) mass is 1040 g/mol. The first-order valence-electron chi connectivity index (χ1n) is 28.5. The van der Waals surface area contributed by atoms with Crippen LogP contribution in [0.2, 0.25) is 0 Å². The summed E-state index contributed by atoms with van der Waals surface area (Å²) in [5.74, 6) is 0. The van der Waals surface area contributed by atoms with Crippen molar-refractivity contribution >= 4 is 43.4 Å². The quantitative estimate of drug-likeness (QED) is 0.136. The van der Waals surface area contributed by atoms with Crippen LogP contribution in [0.4, 0.5) is 0 Å². The summed E-state index contributed by atoms with van der Waals surface area (Å²) >= 11 is 0. The minimum absolute atomic E-state index is 0.514. The lowest BCUT2D eigenvalue weighted by molar-refractivity contribution is 0.767. The number of nitrogens with zero attached hydrogens (tertiary/aromatic N) is 1. The Morgan fingerprint density at radius 1 is 0.207 bits per heavy atom. The molecule has 0 unspecified atom stereocenters. The van der Waals surface area contributed by atoms with Crippen molar-refractivity contribution in [2.75, 3.05) is 0 Å². The summed E-state index contributed by atoms with van der Waals surface area (Å²) in [4.78, 5) is 0. The molecule has 14 aromatic carbocycles. The zero-order valence-electron chi connectivity index (χ0n) is 45.0. The Hall–Kier alpha value is -10.6. The van der Waals surface area contributed by atoms with Crippen molar-refractivity contribution in [3.8, 4) is 83.6 Å². The predicted octanol–water partition coefficient (Wildman–Crippen LogP) is 21.5. The Morgan fingerprint density at radius 2 is 0.561 bits per heavy atom. The SMILES string of the molecule is c1ccc(C2(c3ccccc3)c3ccccc3-c3ccc(-n4c5ccc(-c6ccc(-c7ccc(-c8cccc9ccccc89)cc7)cc6)cc5c5cc(-c6ccc(-c7ccc(-c8cccc9ccccc89)cc7)cc6)ccc54)cc32)cc1. The maximum absolute atomic E-state index is 2.50. The molecule has 1 aliphatic carbocycles. The summed E-state index contributed by atoms with van der Waals surface area (Å²) < 4.78 is 2.50. The van der Waals surface area contributed by atoms with Crippen LogP contribution < -0.4 is 0 Å². The second kappa shape index (κ2) is 19.3. The molecule has 0 radical (unpaired) electrons. The number of hydrogen-bond donors (Lipinski definition) is 0. The topological polar surface area (TPSA) is 4.93 Å². The molecule has 1 nitrogen and oxygen atoms in total. The Labute approximate surface area is 478 Å². The lowest BCUT2D eigenvalue weighted by Gasteiger charge is -2.34. The summed E-state index contributed by atoms with van der Waals surface area (Å²) in [6.07, 6.45) is 0. The van der Waals surface area contributed by atoms with Crippen LogP contribution in [0.25, 0.3) is 127 Å². The van der Waals surface area contributed by atoms with Gasteiger partial charge in [0.25, 0.3) is 0 Å². The highest BCUT2D eigenvalue weighted by atomic mass is 15.0. The maximum Gasteiger partial charge on any atom is 0.0714 e. The fourth-order valence-electron chi connectivity index (χ4n) is 13.6. The molecule has 0 N–H and O–H groups in total. The van der Waals surface area contributed by atoms with Crippen molar-refractivity contribution in [2.45, 2.75) is 5.41 Å². The smallest absolute Gasteiger partial charge is 0.0714 e. The molecule has 15 aromatic rings. The molecule has 1 heteroatoms. The van der Waals surface area contributed by atoms with Crippen LogP contribution in [0, 0.1) is 0 Å². The van der Waals surface area contributed by atoms with Gasteiger partial charge in [0.15, 0.2) is 0 Å². The zero-order chi connectivity index (χ0) is 54.1. The first-order valence-corrected chi connectivity index (χ1v) is 28.5. The Balaban J connectivity index is 0.802. The predicted molar refractivity (Wildman–Crippen MR) is 346 cm³/mol. The van der Waals surface area contributed by atoms with E-state index in [0.29, 0.717) is 0 Å². The third kappa shape index (κ3) is 7.70. The Bertz CT molecular complexity index is 4640. The van der Waals surface area contributed by atoms with Gasteiger partial charge in [-0.05, 0) is 158 Å². The summed E-state index contributed by atoms with van der Waals surface area (Å²) in [6.45, 7) is 0. The van der Waals surface area contributed by atoms with Gasteiger partial charge in [0, 0.05) is 16.5 Å². The molecule has 82 heavy (non-hydrogen) atoms. The van der Waals surface area contributed by atoms with Crippen LogP contribution in [0.5, 0.6) is 0 Å². The Morgan fingerprint density at radius 3 is 1.04 bits per heavy atom. The van der Waals surface area contributed by atoms with Gasteiger partial charge in [-0.1, -0.05) is 285 Å². The van der Waals surface area contributed by atoms with E-state index in [-0.39, 0.29) is 0 Å². The van der Waals surface area contributed by atoms with Crippen LogP contribution in [0.3, 0.4) is 0 Å². The number of fused-ring (bicyclic) bond motifs is 8. The van der Waals surface area contributed by atoms with Gasteiger partial charge in [0.05, 0.1) is 16.4 Å². The largest absolute Gasteiger partial charge is 0.309 e. The van der Waals surface area contributed by atoms with Gasteiger partial charge in [-0.15, -0.1) is 0 Å². The zero-order valence-corrected chi connectivity index (χ0v) is 45.0. The van der Waals surface area contributed by atoms with Crippen LogP contribution >= 0.6 is 0 Å². The second-order valence-corrected chi connectivity index (χ2v) is 21.9. The van der Waals surface area contributed by atoms with E-state index in [4.69, 9.17) is 0 Å². The molecule has 0 saturated heterocycles. The second-order valence-electron chi connectivity index (χ2n) is 21.9. The highest BCUT2D eigenvalue weighted by molar-refractivity contribution is 6.12. The van der Waals surface area contributed by atoms with Gasteiger partial charge in [0.1, 0.15) is 0 Å². The van der Waals surface area contributed by atoms with Crippen LogP contribution in [0.1, 0.15) is 22.3 Å². The molecule has 16 rings (SSSR count). The van der Waals surface area contributed by atoms with E-state index in [1.807, 2.05) is 0 Å². The highest BCUT2D eigenvalue weighted by Crippen LogP contribution is 2.57. The minimum atomic E-state index is -0.514. The number of benzene rings is 14. The molecule has 0 saturated carbocycles. The summed E-state index contributed by atoms with van der Waals surface area (Å²) in [6, 6.07) is 119. The van der Waals surface area contributed by atoms with Crippen molar-refractivity contribution in [1.29, 1.82) is 0 Å². The number of hydrogen-bond acceptors (Lipinski definition) is 0. The molecule has 1 aliphatic rings. The van der Waals surface area contributed by atoms with E-state index in [1.165, 1.54) is 143 Å². The molecule has 0 atom stereocenters. The van der Waals surface area contributed by atoms with Gasteiger partial charge in [-0.25, -0.2) is 0 Å². The normalized spacial score (nSPS) is 12.5. The molecule has 1 aromatic heterocycles. The van der Waals surface area contributed by atoms with E-state index in [9.17, 15) is 0 Å². The molecular formula is C81H53N. The van der Waals surface area contributed by atoms with Crippen molar-refractivity contribution in [2.24, 2.45) is 0 Å². The Kier molecular flexibility index (Phi) is 11.2. The lowest BCUT2D eigenvalue weighted by Crippen LogP contribution is -2.28. The molecule has 382 valence electrons. The average Bonchev–Trinajstić information content (AvgIpc) is 4.26. The van der Waals surface area contributed by atoms with Gasteiger partial charge in [-0.3, -0.25) is 0 Å². The lowest BCUT2D eigenvalue weighted by atomic mass is 9.67. The van der Waals surface area contributed by atoms with Gasteiger partial charge in [-0.2, -0.15) is 0 Å². The van der Waals surface area contributed by atoms with Crippen molar-refractivity contribution in [3.05, 3.63) is 344 Å². The fraction of sp³-hybridized carbons (Fsp3) is 0.0123. The molecule has 0 aliphatic heterocycles. The molecule has 1 heterocycles. The molecule has 0 bridgehead atoms. The maximum atomic E-state index is 2.50. The van der Waals surface area contributed by atoms with E-state index in [1.54, 1.807) is 0 Å². The highest BCUT2D eigenvalue weighted by Gasteiger charge is 2.46. The van der Waals surface area contributed by atoms with Crippen LogP contribution in [-0.2, 0) is 5.41 Å². The van der Waals surface area contributed by atoms with Crippen LogP contribution in [-0.4, -0.2) is 4.57 Å². The third-order valence-corrected chi connectivity index (χ3v) is 17.5. The summed E-state index contributed by atoms with van der Waals surface area (Å²) in [5.41, 5.74) is 25.1. The molecule has 0 fully saturated rings.